The first-order valence-corrected chi connectivity index (χ1v) is 6.28. The van der Waals surface area contributed by atoms with Crippen molar-refractivity contribution in [1.29, 1.82) is 0 Å². The molecule has 0 spiro atoms. The molecule has 0 aliphatic carbocycles. The van der Waals surface area contributed by atoms with Crippen LogP contribution in [-0.2, 0) is 11.3 Å². The van der Waals surface area contributed by atoms with E-state index in [4.69, 9.17) is 9.84 Å². The smallest absolute Gasteiger partial charge is 0.317 e. The van der Waals surface area contributed by atoms with Gasteiger partial charge >= 0.3 is 12.0 Å². The zero-order valence-corrected chi connectivity index (χ0v) is 11.9. The Morgan fingerprint density at radius 1 is 1.35 bits per heavy atom. The van der Waals surface area contributed by atoms with E-state index in [1.165, 1.54) is 4.90 Å². The third-order valence-corrected chi connectivity index (χ3v) is 2.91. The number of urea groups is 1. The average Bonchev–Trinajstić information content (AvgIpc) is 2.44. The molecule has 0 aromatic heterocycles. The quantitative estimate of drug-likeness (QED) is 0.828. The van der Waals surface area contributed by atoms with Gasteiger partial charge in [0.1, 0.15) is 5.75 Å². The van der Waals surface area contributed by atoms with Crippen LogP contribution >= 0.6 is 0 Å². The van der Waals surface area contributed by atoms with Gasteiger partial charge in [-0.05, 0) is 17.7 Å². The van der Waals surface area contributed by atoms with Gasteiger partial charge in [-0.15, -0.1) is 0 Å². The Morgan fingerprint density at radius 3 is 2.45 bits per heavy atom. The van der Waals surface area contributed by atoms with Crippen molar-refractivity contribution in [1.82, 2.24) is 10.2 Å². The number of carboxylic acid groups (broad SMARTS) is 1. The molecular weight excluding hydrogens is 260 g/mol. The molecule has 1 rings (SSSR count). The molecule has 6 heteroatoms. The summed E-state index contributed by atoms with van der Waals surface area (Å²) in [6, 6.07) is 7.11. The molecule has 1 aromatic carbocycles. The fourth-order valence-electron chi connectivity index (χ4n) is 1.54. The lowest BCUT2D eigenvalue weighted by Gasteiger charge is -2.19. The van der Waals surface area contributed by atoms with Crippen molar-refractivity contribution in [3.8, 4) is 5.75 Å². The number of methoxy groups -OCH3 is 1. The number of rotatable bonds is 6. The van der Waals surface area contributed by atoms with Crippen molar-refractivity contribution in [2.75, 3.05) is 20.7 Å². The van der Waals surface area contributed by atoms with Gasteiger partial charge in [0, 0.05) is 20.1 Å². The van der Waals surface area contributed by atoms with Crippen LogP contribution in [-0.4, -0.2) is 42.7 Å². The SMILES string of the molecule is COc1ccc(CN(C)C(=O)NCC(C)C(=O)O)cc1. The molecule has 0 saturated carbocycles. The summed E-state index contributed by atoms with van der Waals surface area (Å²) >= 11 is 0. The molecule has 0 aliphatic heterocycles. The Hall–Kier alpha value is -2.24. The van der Waals surface area contributed by atoms with Gasteiger partial charge in [0.25, 0.3) is 0 Å². The molecule has 6 nitrogen and oxygen atoms in total. The summed E-state index contributed by atoms with van der Waals surface area (Å²) in [7, 11) is 3.25. The number of carbonyl (C=O) groups is 2. The van der Waals surface area contributed by atoms with E-state index in [-0.39, 0.29) is 12.6 Å². The van der Waals surface area contributed by atoms with E-state index in [1.807, 2.05) is 24.3 Å². The van der Waals surface area contributed by atoms with Crippen LogP contribution in [0.2, 0.25) is 0 Å². The Kier molecular flexibility index (Phi) is 5.83. The molecule has 0 fully saturated rings. The lowest BCUT2D eigenvalue weighted by Crippen LogP contribution is -2.40. The second-order valence-corrected chi connectivity index (χ2v) is 4.63. The number of aliphatic carboxylic acids is 1. The lowest BCUT2D eigenvalue weighted by atomic mass is 10.2. The van der Waals surface area contributed by atoms with Gasteiger partial charge in [-0.1, -0.05) is 19.1 Å². The standard InChI is InChI=1S/C14H20N2O4/c1-10(13(17)18)8-15-14(19)16(2)9-11-4-6-12(20-3)7-5-11/h4-7,10H,8-9H2,1-3H3,(H,15,19)(H,17,18). The summed E-state index contributed by atoms with van der Waals surface area (Å²) < 4.78 is 5.06. The van der Waals surface area contributed by atoms with Crippen LogP contribution in [0.1, 0.15) is 12.5 Å². The van der Waals surface area contributed by atoms with Crippen LogP contribution in [0.5, 0.6) is 5.75 Å². The normalized spacial score (nSPS) is 11.6. The van der Waals surface area contributed by atoms with E-state index < -0.39 is 11.9 Å². The molecule has 1 unspecified atom stereocenters. The number of ether oxygens (including phenoxy) is 1. The first-order valence-electron chi connectivity index (χ1n) is 6.28. The van der Waals surface area contributed by atoms with Crippen LogP contribution in [0.25, 0.3) is 0 Å². The van der Waals surface area contributed by atoms with Gasteiger partial charge in [-0.2, -0.15) is 0 Å². The Morgan fingerprint density at radius 2 is 1.95 bits per heavy atom. The highest BCUT2D eigenvalue weighted by molar-refractivity contribution is 5.75. The number of carboxylic acids is 1. The van der Waals surface area contributed by atoms with Crippen molar-refractivity contribution in [2.24, 2.45) is 5.92 Å². The average molecular weight is 280 g/mol. The van der Waals surface area contributed by atoms with Gasteiger partial charge in [0.15, 0.2) is 0 Å². The minimum absolute atomic E-state index is 0.112. The zero-order valence-electron chi connectivity index (χ0n) is 11.9. The first-order chi connectivity index (χ1) is 9.43. The fraction of sp³-hybridized carbons (Fsp3) is 0.429. The van der Waals surface area contributed by atoms with E-state index in [9.17, 15) is 9.59 Å². The Bertz CT molecular complexity index is 459. The van der Waals surface area contributed by atoms with Crippen molar-refractivity contribution >= 4 is 12.0 Å². The number of amides is 2. The summed E-state index contributed by atoms with van der Waals surface area (Å²) in [5.74, 6) is -0.771. The summed E-state index contributed by atoms with van der Waals surface area (Å²) in [6.45, 7) is 2.10. The molecule has 2 amide bonds. The molecule has 1 aromatic rings. The van der Waals surface area contributed by atoms with Crippen LogP contribution in [0, 0.1) is 5.92 Å². The van der Waals surface area contributed by atoms with Crippen LogP contribution in [0.3, 0.4) is 0 Å². The summed E-state index contributed by atoms with van der Waals surface area (Å²) in [5, 5.41) is 11.3. The number of hydrogen-bond donors (Lipinski definition) is 2. The molecule has 20 heavy (non-hydrogen) atoms. The number of nitrogens with zero attached hydrogens (tertiary/aromatic N) is 1. The van der Waals surface area contributed by atoms with Gasteiger partial charge in [0.05, 0.1) is 13.0 Å². The molecule has 0 heterocycles. The minimum Gasteiger partial charge on any atom is -0.497 e. The van der Waals surface area contributed by atoms with Gasteiger partial charge in [0.2, 0.25) is 0 Å². The Labute approximate surface area is 118 Å². The maximum atomic E-state index is 11.8. The molecular formula is C14H20N2O4. The van der Waals surface area contributed by atoms with E-state index in [2.05, 4.69) is 5.32 Å². The molecule has 0 bridgehead atoms. The second kappa shape index (κ2) is 7.37. The highest BCUT2D eigenvalue weighted by Crippen LogP contribution is 2.12. The first kappa shape index (κ1) is 15.8. The molecule has 2 N–H and O–H groups in total. The molecule has 0 saturated heterocycles. The summed E-state index contributed by atoms with van der Waals surface area (Å²) in [4.78, 5) is 23.9. The third kappa shape index (κ3) is 4.79. The lowest BCUT2D eigenvalue weighted by molar-refractivity contribution is -0.140. The second-order valence-electron chi connectivity index (χ2n) is 4.63. The van der Waals surface area contributed by atoms with Crippen molar-refractivity contribution in [2.45, 2.75) is 13.5 Å². The van der Waals surface area contributed by atoms with Crippen LogP contribution in [0.15, 0.2) is 24.3 Å². The number of benzene rings is 1. The highest BCUT2D eigenvalue weighted by atomic mass is 16.5. The highest BCUT2D eigenvalue weighted by Gasteiger charge is 2.14. The van der Waals surface area contributed by atoms with Gasteiger partial charge in [-0.25, -0.2) is 4.79 Å². The molecule has 0 radical (unpaired) electrons. The predicted octanol–water partition coefficient (Wildman–Crippen LogP) is 1.56. The van der Waals surface area contributed by atoms with Crippen molar-refractivity contribution in [3.63, 3.8) is 0 Å². The van der Waals surface area contributed by atoms with Crippen molar-refractivity contribution < 1.29 is 19.4 Å². The van der Waals surface area contributed by atoms with Gasteiger partial charge in [-0.3, -0.25) is 4.79 Å². The maximum absolute atomic E-state index is 11.8. The fourth-order valence-corrected chi connectivity index (χ4v) is 1.54. The maximum Gasteiger partial charge on any atom is 0.317 e. The third-order valence-electron chi connectivity index (χ3n) is 2.91. The van der Waals surface area contributed by atoms with E-state index in [0.717, 1.165) is 11.3 Å². The monoisotopic (exact) mass is 280 g/mol. The minimum atomic E-state index is -0.928. The zero-order chi connectivity index (χ0) is 15.1. The van der Waals surface area contributed by atoms with Crippen molar-refractivity contribution in [3.05, 3.63) is 29.8 Å². The summed E-state index contributed by atoms with van der Waals surface area (Å²) in [6.07, 6.45) is 0. The van der Waals surface area contributed by atoms with Gasteiger partial charge < -0.3 is 20.1 Å². The Balaban J connectivity index is 2.46. The number of carbonyl (C=O) groups excluding carboxylic acids is 1. The summed E-state index contributed by atoms with van der Waals surface area (Å²) in [5.41, 5.74) is 0.967. The largest absolute Gasteiger partial charge is 0.497 e. The molecule has 1 atom stereocenters. The predicted molar refractivity (Wildman–Crippen MR) is 74.7 cm³/mol. The number of nitrogens with one attached hydrogen (secondary N) is 1. The number of hydrogen-bond acceptors (Lipinski definition) is 3. The topological polar surface area (TPSA) is 78.9 Å². The van der Waals surface area contributed by atoms with Crippen LogP contribution < -0.4 is 10.1 Å². The van der Waals surface area contributed by atoms with Crippen LogP contribution in [0.4, 0.5) is 4.79 Å². The van der Waals surface area contributed by atoms with E-state index in [0.29, 0.717) is 6.54 Å². The molecule has 110 valence electrons. The van der Waals surface area contributed by atoms with E-state index >= 15 is 0 Å². The van der Waals surface area contributed by atoms with E-state index in [1.54, 1.807) is 21.1 Å². The molecule has 0 aliphatic rings.